The molecular weight excluding hydrogens is 300 g/mol. The van der Waals surface area contributed by atoms with Crippen LogP contribution in [0, 0.1) is 6.92 Å². The van der Waals surface area contributed by atoms with E-state index in [1.54, 1.807) is 11.3 Å². The number of thiazole rings is 1. The smallest absolute Gasteiger partial charge is 0.263 e. The molecule has 0 aliphatic heterocycles. The number of nitrogens with one attached hydrogen (secondary N) is 1. The van der Waals surface area contributed by atoms with Crippen LogP contribution in [-0.2, 0) is 0 Å². The van der Waals surface area contributed by atoms with Crippen molar-refractivity contribution in [3.05, 3.63) is 28.1 Å². The first-order valence-electron chi connectivity index (χ1n) is 7.56. The molecule has 3 rings (SSSR count). The molecule has 112 valence electrons. The first-order chi connectivity index (χ1) is 10.2. The minimum atomic E-state index is 0.0553. The number of hydrogen-bond acceptors (Lipinski definition) is 4. The number of thiophene rings is 1. The molecule has 0 spiro atoms. The van der Waals surface area contributed by atoms with Crippen molar-refractivity contribution in [1.29, 1.82) is 0 Å². The van der Waals surface area contributed by atoms with Crippen molar-refractivity contribution in [2.45, 2.75) is 51.5 Å². The molecule has 1 N–H and O–H groups in total. The Morgan fingerprint density at radius 1 is 1.29 bits per heavy atom. The third-order valence-electron chi connectivity index (χ3n) is 3.93. The van der Waals surface area contributed by atoms with Crippen LogP contribution in [0.1, 0.15) is 53.9 Å². The lowest BCUT2D eigenvalue weighted by Crippen LogP contribution is -2.34. The van der Waals surface area contributed by atoms with Crippen molar-refractivity contribution in [2.24, 2.45) is 0 Å². The van der Waals surface area contributed by atoms with E-state index in [0.717, 1.165) is 33.3 Å². The van der Waals surface area contributed by atoms with Gasteiger partial charge in [-0.2, -0.15) is 0 Å². The second-order valence-corrected chi connectivity index (χ2v) is 7.52. The average Bonchev–Trinajstić information content (AvgIpc) is 3.05. The highest BCUT2D eigenvalue weighted by molar-refractivity contribution is 7.22. The van der Waals surface area contributed by atoms with E-state index in [4.69, 9.17) is 0 Å². The molecule has 0 saturated heterocycles. The Balaban J connectivity index is 1.72. The molecule has 1 amide bonds. The van der Waals surface area contributed by atoms with Crippen LogP contribution in [0.3, 0.4) is 0 Å². The predicted molar refractivity (Wildman–Crippen MR) is 89.1 cm³/mol. The van der Waals surface area contributed by atoms with Gasteiger partial charge in [0.1, 0.15) is 9.88 Å². The number of hydrogen-bond donors (Lipinski definition) is 1. The van der Waals surface area contributed by atoms with Crippen LogP contribution in [-0.4, -0.2) is 16.9 Å². The molecule has 2 aromatic heterocycles. The minimum absolute atomic E-state index is 0.0553. The number of aromatic nitrogens is 1. The number of nitrogens with zero attached hydrogens (tertiary/aromatic N) is 1. The van der Waals surface area contributed by atoms with E-state index in [1.165, 1.54) is 37.0 Å². The molecule has 0 atom stereocenters. The fourth-order valence-electron chi connectivity index (χ4n) is 2.79. The second-order valence-electron chi connectivity index (χ2n) is 5.57. The summed E-state index contributed by atoms with van der Waals surface area (Å²) in [6.45, 7) is 1.93. The van der Waals surface area contributed by atoms with Gasteiger partial charge in [-0.1, -0.05) is 31.7 Å². The Hall–Kier alpha value is -1.20. The summed E-state index contributed by atoms with van der Waals surface area (Å²) in [5.41, 5.74) is 0.842. The lowest BCUT2D eigenvalue weighted by molar-refractivity contribution is 0.0936. The molecule has 0 bridgehead atoms. The number of rotatable bonds is 3. The van der Waals surface area contributed by atoms with Gasteiger partial charge in [0.05, 0.1) is 10.6 Å². The van der Waals surface area contributed by atoms with Crippen LogP contribution in [0.2, 0.25) is 0 Å². The van der Waals surface area contributed by atoms with Gasteiger partial charge in [-0.15, -0.1) is 22.7 Å². The van der Waals surface area contributed by atoms with E-state index in [0.29, 0.717) is 6.04 Å². The topological polar surface area (TPSA) is 42.0 Å². The van der Waals surface area contributed by atoms with Gasteiger partial charge in [0.15, 0.2) is 0 Å². The first-order valence-corrected chi connectivity index (χ1v) is 9.26. The van der Waals surface area contributed by atoms with Crippen LogP contribution in [0.15, 0.2) is 17.5 Å². The zero-order chi connectivity index (χ0) is 14.7. The molecule has 5 heteroatoms. The van der Waals surface area contributed by atoms with Gasteiger partial charge in [-0.3, -0.25) is 4.79 Å². The second kappa shape index (κ2) is 6.71. The maximum Gasteiger partial charge on any atom is 0.263 e. The quantitative estimate of drug-likeness (QED) is 0.838. The zero-order valence-corrected chi connectivity index (χ0v) is 13.9. The Bertz CT molecular complexity index is 596. The lowest BCUT2D eigenvalue weighted by Gasteiger charge is -2.15. The average molecular weight is 320 g/mol. The third kappa shape index (κ3) is 3.52. The molecule has 0 aromatic carbocycles. The summed E-state index contributed by atoms with van der Waals surface area (Å²) < 4.78 is 0. The van der Waals surface area contributed by atoms with E-state index in [-0.39, 0.29) is 5.91 Å². The Morgan fingerprint density at radius 3 is 2.71 bits per heavy atom. The fourth-order valence-corrected chi connectivity index (χ4v) is 4.55. The van der Waals surface area contributed by atoms with Gasteiger partial charge in [0.25, 0.3) is 5.91 Å². The van der Waals surface area contributed by atoms with E-state index in [1.807, 2.05) is 18.4 Å². The Labute approximate surface area is 133 Å². The van der Waals surface area contributed by atoms with Crippen LogP contribution >= 0.6 is 22.7 Å². The highest BCUT2D eigenvalue weighted by atomic mass is 32.1. The van der Waals surface area contributed by atoms with Gasteiger partial charge in [0.2, 0.25) is 0 Å². The van der Waals surface area contributed by atoms with Crippen molar-refractivity contribution in [2.75, 3.05) is 0 Å². The highest BCUT2D eigenvalue weighted by Crippen LogP contribution is 2.31. The van der Waals surface area contributed by atoms with Gasteiger partial charge in [0, 0.05) is 6.04 Å². The summed E-state index contributed by atoms with van der Waals surface area (Å²) in [5, 5.41) is 6.20. The summed E-state index contributed by atoms with van der Waals surface area (Å²) in [6, 6.07) is 4.41. The van der Waals surface area contributed by atoms with Crippen LogP contribution in [0.25, 0.3) is 9.88 Å². The molecule has 2 heterocycles. The van der Waals surface area contributed by atoms with Crippen LogP contribution in [0.5, 0.6) is 0 Å². The van der Waals surface area contributed by atoms with Crippen molar-refractivity contribution in [3.8, 4) is 9.88 Å². The van der Waals surface area contributed by atoms with E-state index in [9.17, 15) is 4.79 Å². The number of amides is 1. The summed E-state index contributed by atoms with van der Waals surface area (Å²) in [7, 11) is 0. The predicted octanol–water partition coefficient (Wildman–Crippen LogP) is 4.63. The molecule has 21 heavy (non-hydrogen) atoms. The molecule has 1 aliphatic rings. The monoisotopic (exact) mass is 320 g/mol. The summed E-state index contributed by atoms with van der Waals surface area (Å²) >= 11 is 3.17. The van der Waals surface area contributed by atoms with Crippen LogP contribution < -0.4 is 5.32 Å². The number of aryl methyl sites for hydroxylation is 1. The van der Waals surface area contributed by atoms with Crippen molar-refractivity contribution >= 4 is 28.6 Å². The fraction of sp³-hybridized carbons (Fsp3) is 0.500. The maximum atomic E-state index is 12.5. The molecule has 0 unspecified atom stereocenters. The molecule has 3 nitrogen and oxygen atoms in total. The largest absolute Gasteiger partial charge is 0.349 e. The maximum absolute atomic E-state index is 12.5. The van der Waals surface area contributed by atoms with Gasteiger partial charge in [-0.05, 0) is 31.2 Å². The molecular formula is C16H20N2OS2. The Morgan fingerprint density at radius 2 is 2.05 bits per heavy atom. The van der Waals surface area contributed by atoms with Crippen molar-refractivity contribution in [1.82, 2.24) is 10.3 Å². The molecule has 1 fully saturated rings. The number of carbonyl (C=O) groups excluding carboxylic acids is 1. The Kier molecular flexibility index (Phi) is 4.70. The van der Waals surface area contributed by atoms with E-state index < -0.39 is 0 Å². The van der Waals surface area contributed by atoms with E-state index in [2.05, 4.69) is 16.4 Å². The van der Waals surface area contributed by atoms with Gasteiger partial charge in [-0.25, -0.2) is 4.98 Å². The summed E-state index contributed by atoms with van der Waals surface area (Å²) in [4.78, 5) is 18.9. The highest BCUT2D eigenvalue weighted by Gasteiger charge is 2.20. The zero-order valence-electron chi connectivity index (χ0n) is 12.2. The molecule has 1 aliphatic carbocycles. The van der Waals surface area contributed by atoms with E-state index >= 15 is 0 Å². The van der Waals surface area contributed by atoms with Crippen molar-refractivity contribution < 1.29 is 4.79 Å². The van der Waals surface area contributed by atoms with Crippen LogP contribution in [0.4, 0.5) is 0 Å². The standard InChI is InChI=1S/C16H20N2OS2/c1-11-14(21-16(17-11)13-9-6-10-20-13)15(19)18-12-7-4-2-3-5-8-12/h6,9-10,12H,2-5,7-8H2,1H3,(H,18,19). The van der Waals surface area contributed by atoms with Crippen molar-refractivity contribution in [3.63, 3.8) is 0 Å². The molecule has 2 aromatic rings. The van der Waals surface area contributed by atoms with Gasteiger partial charge >= 0.3 is 0 Å². The first kappa shape index (κ1) is 14.7. The molecule has 0 radical (unpaired) electrons. The number of carbonyl (C=O) groups is 1. The molecule has 1 saturated carbocycles. The lowest BCUT2D eigenvalue weighted by atomic mass is 10.1. The minimum Gasteiger partial charge on any atom is -0.349 e. The third-order valence-corrected chi connectivity index (χ3v) is 6.12. The van der Waals surface area contributed by atoms with Gasteiger partial charge < -0.3 is 5.32 Å². The SMILES string of the molecule is Cc1nc(-c2cccs2)sc1C(=O)NC1CCCCCC1. The normalized spacial score (nSPS) is 16.6. The summed E-state index contributed by atoms with van der Waals surface area (Å²) in [5.74, 6) is 0.0553. The summed E-state index contributed by atoms with van der Waals surface area (Å²) in [6.07, 6.45) is 7.28.